The summed E-state index contributed by atoms with van der Waals surface area (Å²) < 4.78 is 0. The highest BCUT2D eigenvalue weighted by Crippen LogP contribution is 2.32. The molecule has 0 aromatic heterocycles. The van der Waals surface area contributed by atoms with Crippen LogP contribution in [0.3, 0.4) is 0 Å². The van der Waals surface area contributed by atoms with Crippen molar-refractivity contribution in [1.82, 2.24) is 0 Å². The molecular formula is C15H22N2O. The van der Waals surface area contributed by atoms with Crippen LogP contribution in [0.4, 0.5) is 5.69 Å². The molecule has 3 heteroatoms. The van der Waals surface area contributed by atoms with Gasteiger partial charge in [-0.25, -0.2) is 0 Å². The van der Waals surface area contributed by atoms with E-state index in [1.54, 1.807) is 0 Å². The lowest BCUT2D eigenvalue weighted by atomic mass is 9.95. The fraction of sp³-hybridized carbons (Fsp3) is 0.533. The van der Waals surface area contributed by atoms with Crippen LogP contribution < -0.4 is 11.1 Å². The lowest BCUT2D eigenvalue weighted by Gasteiger charge is -2.18. The first-order valence-corrected chi connectivity index (χ1v) is 6.70. The lowest BCUT2D eigenvalue weighted by molar-refractivity contribution is -0.120. The Bertz CT molecular complexity index is 442. The van der Waals surface area contributed by atoms with E-state index in [2.05, 4.69) is 11.4 Å². The highest BCUT2D eigenvalue weighted by Gasteiger charge is 2.31. The van der Waals surface area contributed by atoms with Crippen molar-refractivity contribution in [3.63, 3.8) is 0 Å². The molecule has 98 valence electrons. The highest BCUT2D eigenvalue weighted by molar-refractivity contribution is 5.93. The van der Waals surface area contributed by atoms with Crippen molar-refractivity contribution in [2.75, 3.05) is 11.9 Å². The van der Waals surface area contributed by atoms with Gasteiger partial charge >= 0.3 is 0 Å². The minimum Gasteiger partial charge on any atom is -0.330 e. The molecule has 1 aromatic carbocycles. The zero-order valence-corrected chi connectivity index (χ0v) is 11.2. The average molecular weight is 246 g/mol. The molecule has 0 aliphatic heterocycles. The smallest absolute Gasteiger partial charge is 0.227 e. The maximum atomic E-state index is 12.3. The van der Waals surface area contributed by atoms with E-state index in [4.69, 9.17) is 5.73 Å². The number of nitrogens with two attached hydrogens (primary N) is 1. The Balaban J connectivity index is 2.09. The van der Waals surface area contributed by atoms with Gasteiger partial charge in [0.15, 0.2) is 0 Å². The van der Waals surface area contributed by atoms with E-state index in [1.165, 1.54) is 0 Å². The molecule has 0 radical (unpaired) electrons. The van der Waals surface area contributed by atoms with Crippen molar-refractivity contribution in [2.24, 2.45) is 17.6 Å². The van der Waals surface area contributed by atoms with E-state index in [-0.39, 0.29) is 11.8 Å². The van der Waals surface area contributed by atoms with Gasteiger partial charge < -0.3 is 11.1 Å². The Hall–Kier alpha value is -1.35. The summed E-state index contributed by atoms with van der Waals surface area (Å²) in [6.07, 6.45) is 3.17. The summed E-state index contributed by atoms with van der Waals surface area (Å²) in [4.78, 5) is 12.3. The molecule has 1 aromatic rings. The molecule has 0 spiro atoms. The molecule has 0 unspecified atom stereocenters. The number of hydrogen-bond acceptors (Lipinski definition) is 2. The van der Waals surface area contributed by atoms with Gasteiger partial charge in [0.1, 0.15) is 0 Å². The van der Waals surface area contributed by atoms with Gasteiger partial charge in [0.25, 0.3) is 0 Å². The Morgan fingerprint density at radius 2 is 2.17 bits per heavy atom. The summed E-state index contributed by atoms with van der Waals surface area (Å²) in [5.41, 5.74) is 8.93. The van der Waals surface area contributed by atoms with Crippen LogP contribution in [0.15, 0.2) is 18.2 Å². The number of aryl methyl sites for hydroxylation is 2. The van der Waals surface area contributed by atoms with Crippen LogP contribution in [0.2, 0.25) is 0 Å². The van der Waals surface area contributed by atoms with Crippen molar-refractivity contribution >= 4 is 11.6 Å². The quantitative estimate of drug-likeness (QED) is 0.861. The largest absolute Gasteiger partial charge is 0.330 e. The van der Waals surface area contributed by atoms with Gasteiger partial charge in [0.05, 0.1) is 0 Å². The topological polar surface area (TPSA) is 55.1 Å². The third-order valence-corrected chi connectivity index (χ3v) is 3.95. The molecule has 2 rings (SSSR count). The van der Waals surface area contributed by atoms with Crippen LogP contribution in [-0.2, 0) is 4.79 Å². The van der Waals surface area contributed by atoms with E-state index < -0.39 is 0 Å². The third-order valence-electron chi connectivity index (χ3n) is 3.95. The maximum absolute atomic E-state index is 12.3. The standard InChI is InChI=1S/C15H22N2O/c1-10-6-7-11(2)14(8-10)17-15(18)13-5-3-4-12(13)9-16/h6-8,12-13H,3-5,9,16H2,1-2H3,(H,17,18)/t12-,13-/m1/s1. The van der Waals surface area contributed by atoms with Crippen LogP contribution in [0.1, 0.15) is 30.4 Å². The molecule has 18 heavy (non-hydrogen) atoms. The van der Waals surface area contributed by atoms with E-state index in [9.17, 15) is 4.79 Å². The minimum atomic E-state index is 0.0925. The molecule has 1 aliphatic rings. The van der Waals surface area contributed by atoms with Gasteiger partial charge in [-0.1, -0.05) is 18.6 Å². The number of carbonyl (C=O) groups is 1. The molecular weight excluding hydrogens is 224 g/mol. The summed E-state index contributed by atoms with van der Waals surface area (Å²) in [5.74, 6) is 0.585. The second-order valence-electron chi connectivity index (χ2n) is 5.34. The number of carbonyl (C=O) groups excluding carboxylic acids is 1. The van der Waals surface area contributed by atoms with Gasteiger partial charge in [-0.3, -0.25) is 4.79 Å². The predicted octanol–water partition coefficient (Wildman–Crippen LogP) is 2.62. The first-order valence-electron chi connectivity index (χ1n) is 6.70. The summed E-state index contributed by atoms with van der Waals surface area (Å²) >= 11 is 0. The molecule has 3 nitrogen and oxygen atoms in total. The Morgan fingerprint density at radius 3 is 2.89 bits per heavy atom. The molecule has 1 fully saturated rings. The maximum Gasteiger partial charge on any atom is 0.227 e. The Labute approximate surface area is 109 Å². The first kappa shape index (κ1) is 13.1. The number of nitrogens with one attached hydrogen (secondary N) is 1. The molecule has 3 N–H and O–H groups in total. The van der Waals surface area contributed by atoms with E-state index in [0.717, 1.165) is 36.1 Å². The molecule has 0 heterocycles. The fourth-order valence-corrected chi connectivity index (χ4v) is 2.76. The normalized spacial score (nSPS) is 23.1. The first-order chi connectivity index (χ1) is 8.61. The second-order valence-corrected chi connectivity index (χ2v) is 5.34. The van der Waals surface area contributed by atoms with Crippen molar-refractivity contribution in [3.05, 3.63) is 29.3 Å². The number of rotatable bonds is 3. The van der Waals surface area contributed by atoms with Crippen molar-refractivity contribution in [3.8, 4) is 0 Å². The van der Waals surface area contributed by atoms with Gasteiger partial charge in [-0.2, -0.15) is 0 Å². The molecule has 0 bridgehead atoms. The third kappa shape index (κ3) is 2.72. The Morgan fingerprint density at radius 1 is 1.39 bits per heavy atom. The predicted molar refractivity (Wildman–Crippen MR) is 74.4 cm³/mol. The van der Waals surface area contributed by atoms with E-state index in [0.29, 0.717) is 12.5 Å². The van der Waals surface area contributed by atoms with Gasteiger partial charge in [-0.05, 0) is 56.3 Å². The number of amides is 1. The van der Waals surface area contributed by atoms with E-state index in [1.807, 2.05) is 26.0 Å². The molecule has 1 saturated carbocycles. The molecule has 1 amide bonds. The minimum absolute atomic E-state index is 0.0925. The van der Waals surface area contributed by atoms with Crippen LogP contribution in [0.5, 0.6) is 0 Å². The fourth-order valence-electron chi connectivity index (χ4n) is 2.76. The summed E-state index contributed by atoms with van der Waals surface area (Å²) in [5, 5.41) is 3.06. The molecule has 0 saturated heterocycles. The van der Waals surface area contributed by atoms with Crippen LogP contribution in [0, 0.1) is 25.7 Å². The lowest BCUT2D eigenvalue weighted by Crippen LogP contribution is -2.30. The summed E-state index contributed by atoms with van der Waals surface area (Å²) in [7, 11) is 0. The molecule has 2 atom stereocenters. The monoisotopic (exact) mass is 246 g/mol. The van der Waals surface area contributed by atoms with Crippen molar-refractivity contribution in [2.45, 2.75) is 33.1 Å². The second kappa shape index (κ2) is 5.53. The SMILES string of the molecule is Cc1ccc(C)c(NC(=O)[C@@H]2CCC[C@@H]2CN)c1. The zero-order chi connectivity index (χ0) is 13.1. The average Bonchev–Trinajstić information content (AvgIpc) is 2.82. The highest BCUT2D eigenvalue weighted by atomic mass is 16.1. The van der Waals surface area contributed by atoms with Crippen LogP contribution in [0.25, 0.3) is 0 Å². The van der Waals surface area contributed by atoms with Crippen molar-refractivity contribution in [1.29, 1.82) is 0 Å². The number of benzene rings is 1. The van der Waals surface area contributed by atoms with Crippen LogP contribution in [-0.4, -0.2) is 12.5 Å². The summed E-state index contributed by atoms with van der Waals surface area (Å²) in [6.45, 7) is 4.67. The zero-order valence-electron chi connectivity index (χ0n) is 11.2. The van der Waals surface area contributed by atoms with Gasteiger partial charge in [0.2, 0.25) is 5.91 Å². The Kier molecular flexibility index (Phi) is 4.02. The van der Waals surface area contributed by atoms with Gasteiger partial charge in [-0.15, -0.1) is 0 Å². The number of anilines is 1. The van der Waals surface area contributed by atoms with Gasteiger partial charge in [0, 0.05) is 11.6 Å². The van der Waals surface area contributed by atoms with E-state index >= 15 is 0 Å². The summed E-state index contributed by atoms with van der Waals surface area (Å²) in [6, 6.07) is 6.13. The number of hydrogen-bond donors (Lipinski definition) is 2. The molecule has 1 aliphatic carbocycles. The van der Waals surface area contributed by atoms with Crippen molar-refractivity contribution < 1.29 is 4.79 Å². The van der Waals surface area contributed by atoms with Crippen LogP contribution >= 0.6 is 0 Å².